The number of aromatic nitrogens is 2. The van der Waals surface area contributed by atoms with Crippen LogP contribution in [0.25, 0.3) is 0 Å². The second kappa shape index (κ2) is 3.99. The third-order valence-corrected chi connectivity index (χ3v) is 1.42. The second-order valence-corrected chi connectivity index (χ2v) is 2.33. The summed E-state index contributed by atoms with van der Waals surface area (Å²) in [6, 6.07) is 2.08. The van der Waals surface area contributed by atoms with E-state index >= 15 is 0 Å². The van der Waals surface area contributed by atoms with Crippen molar-refractivity contribution in [3.8, 4) is 6.07 Å². The Kier molecular flexibility index (Phi) is 3.63. The molecule has 60 valence electrons. The molecule has 4 heteroatoms. The van der Waals surface area contributed by atoms with Crippen molar-refractivity contribution < 1.29 is 17.0 Å². The van der Waals surface area contributed by atoms with E-state index in [1.807, 2.05) is 41.8 Å². The maximum absolute atomic E-state index is 8.52. The first-order valence-electron chi connectivity index (χ1n) is 3.16. The summed E-state index contributed by atoms with van der Waals surface area (Å²) in [5.41, 5.74) is 0. The molecule has 0 saturated heterocycles. The Morgan fingerprint density at radius 3 is 2.64 bits per heavy atom. The summed E-state index contributed by atoms with van der Waals surface area (Å²) < 4.78 is 3.77. The highest BCUT2D eigenvalue weighted by Gasteiger charge is 2.06. The van der Waals surface area contributed by atoms with Gasteiger partial charge in [-0.1, -0.05) is 0 Å². The smallest absolute Gasteiger partial charge is 0.244 e. The summed E-state index contributed by atoms with van der Waals surface area (Å²) in [5.74, 6) is 0. The number of nitriles is 1. The molecule has 1 heterocycles. The van der Waals surface area contributed by atoms with Crippen molar-refractivity contribution in [1.29, 1.82) is 5.26 Å². The van der Waals surface area contributed by atoms with Crippen LogP contribution in [0.15, 0.2) is 18.7 Å². The standard InChI is InChI=1S/C7H10N3.ClH/c1-7(5-8)10-4-3-9(2)6-10;/h3-4,6-7H,1-2H3;1H/q+1;/p-1. The van der Waals surface area contributed by atoms with Gasteiger partial charge in [0.25, 0.3) is 0 Å². The highest BCUT2D eigenvalue weighted by Crippen LogP contribution is 1.99. The molecule has 11 heavy (non-hydrogen) atoms. The molecule has 1 aromatic heterocycles. The molecule has 3 nitrogen and oxygen atoms in total. The van der Waals surface area contributed by atoms with Crippen LogP contribution in [-0.2, 0) is 7.05 Å². The Labute approximate surface area is 72.3 Å². The molecule has 0 bridgehead atoms. The van der Waals surface area contributed by atoms with Crippen molar-refractivity contribution in [2.75, 3.05) is 0 Å². The van der Waals surface area contributed by atoms with Gasteiger partial charge in [-0.2, -0.15) is 5.26 Å². The van der Waals surface area contributed by atoms with E-state index in [0.717, 1.165) is 0 Å². The summed E-state index contributed by atoms with van der Waals surface area (Å²) in [5, 5.41) is 8.52. The van der Waals surface area contributed by atoms with Gasteiger partial charge in [-0.3, -0.25) is 0 Å². The molecule has 0 radical (unpaired) electrons. The topological polar surface area (TPSA) is 32.6 Å². The van der Waals surface area contributed by atoms with Crippen molar-refractivity contribution >= 4 is 0 Å². The fraction of sp³-hybridized carbons (Fsp3) is 0.429. The predicted octanol–water partition coefficient (Wildman–Crippen LogP) is -2.60. The summed E-state index contributed by atoms with van der Waals surface area (Å²) in [4.78, 5) is 0. The highest BCUT2D eigenvalue weighted by molar-refractivity contribution is 4.87. The van der Waals surface area contributed by atoms with Crippen molar-refractivity contribution in [2.45, 2.75) is 13.0 Å². The normalized spacial score (nSPS) is 11.4. The zero-order chi connectivity index (χ0) is 7.56. The van der Waals surface area contributed by atoms with Crippen LogP contribution >= 0.6 is 0 Å². The lowest BCUT2D eigenvalue weighted by Crippen LogP contribution is -3.00. The molecular weight excluding hydrogens is 162 g/mol. The number of hydrogen-bond acceptors (Lipinski definition) is 1. The third-order valence-electron chi connectivity index (χ3n) is 1.42. The monoisotopic (exact) mass is 171 g/mol. The molecule has 0 aliphatic rings. The van der Waals surface area contributed by atoms with Crippen LogP contribution < -0.4 is 17.0 Å². The Balaban J connectivity index is 0.000001000. The van der Waals surface area contributed by atoms with E-state index in [2.05, 4.69) is 6.07 Å². The van der Waals surface area contributed by atoms with Gasteiger partial charge in [0.1, 0.15) is 18.5 Å². The molecule has 0 N–H and O–H groups in total. The van der Waals surface area contributed by atoms with Gasteiger partial charge in [0.2, 0.25) is 6.33 Å². The van der Waals surface area contributed by atoms with Gasteiger partial charge < -0.3 is 12.4 Å². The first-order valence-corrected chi connectivity index (χ1v) is 3.16. The number of imidazole rings is 1. The largest absolute Gasteiger partial charge is 1.00 e. The summed E-state index contributed by atoms with van der Waals surface area (Å²) >= 11 is 0. The second-order valence-electron chi connectivity index (χ2n) is 2.33. The minimum Gasteiger partial charge on any atom is -1.00 e. The van der Waals surface area contributed by atoms with E-state index in [-0.39, 0.29) is 18.4 Å². The minimum absolute atomic E-state index is 0. The Morgan fingerprint density at radius 1 is 1.64 bits per heavy atom. The van der Waals surface area contributed by atoms with Crippen molar-refractivity contribution in [2.24, 2.45) is 7.05 Å². The van der Waals surface area contributed by atoms with Crippen LogP contribution in [0.5, 0.6) is 0 Å². The van der Waals surface area contributed by atoms with Gasteiger partial charge in [-0.25, -0.2) is 9.13 Å². The number of halogens is 1. The molecule has 1 atom stereocenters. The summed E-state index contributed by atoms with van der Waals surface area (Å²) in [6.07, 6.45) is 5.68. The summed E-state index contributed by atoms with van der Waals surface area (Å²) in [7, 11) is 1.93. The van der Waals surface area contributed by atoms with Gasteiger partial charge in [0, 0.05) is 0 Å². The van der Waals surface area contributed by atoms with E-state index in [1.54, 1.807) is 0 Å². The van der Waals surface area contributed by atoms with Crippen LogP contribution in [0, 0.1) is 11.3 Å². The van der Waals surface area contributed by atoms with Gasteiger partial charge in [-0.05, 0) is 6.92 Å². The van der Waals surface area contributed by atoms with Crippen LogP contribution in [0.1, 0.15) is 13.0 Å². The lowest BCUT2D eigenvalue weighted by molar-refractivity contribution is -0.671. The van der Waals surface area contributed by atoms with Gasteiger partial charge in [0.05, 0.1) is 7.05 Å². The minimum atomic E-state index is -0.0683. The molecule has 0 aliphatic carbocycles. The Morgan fingerprint density at radius 2 is 2.27 bits per heavy atom. The molecule has 0 aromatic carbocycles. The molecule has 0 aliphatic heterocycles. The van der Waals surface area contributed by atoms with Crippen molar-refractivity contribution in [3.05, 3.63) is 18.7 Å². The van der Waals surface area contributed by atoms with Crippen LogP contribution in [0.3, 0.4) is 0 Å². The predicted molar refractivity (Wildman–Crippen MR) is 35.9 cm³/mol. The van der Waals surface area contributed by atoms with Gasteiger partial charge in [0.15, 0.2) is 6.04 Å². The summed E-state index contributed by atoms with van der Waals surface area (Å²) in [6.45, 7) is 1.86. The number of aryl methyl sites for hydroxylation is 1. The van der Waals surface area contributed by atoms with E-state index in [4.69, 9.17) is 5.26 Å². The molecule has 0 fully saturated rings. The molecular formula is C7H10ClN3. The fourth-order valence-corrected chi connectivity index (χ4v) is 0.765. The quantitative estimate of drug-likeness (QED) is 0.427. The zero-order valence-electron chi connectivity index (χ0n) is 6.53. The maximum Gasteiger partial charge on any atom is 0.244 e. The van der Waals surface area contributed by atoms with Crippen LogP contribution in [-0.4, -0.2) is 4.57 Å². The fourth-order valence-electron chi connectivity index (χ4n) is 0.765. The zero-order valence-corrected chi connectivity index (χ0v) is 7.28. The van der Waals surface area contributed by atoms with E-state index < -0.39 is 0 Å². The molecule has 1 rings (SSSR count). The number of rotatable bonds is 1. The SMILES string of the molecule is CC(C#N)n1cc[n+](C)c1.[Cl-]. The number of nitrogens with zero attached hydrogens (tertiary/aromatic N) is 3. The average Bonchev–Trinajstić information content (AvgIpc) is 2.34. The van der Waals surface area contributed by atoms with E-state index in [1.165, 1.54) is 0 Å². The lowest BCUT2D eigenvalue weighted by Gasteiger charge is -1.92. The van der Waals surface area contributed by atoms with Gasteiger partial charge in [-0.15, -0.1) is 0 Å². The Hall–Kier alpha value is -1.01. The van der Waals surface area contributed by atoms with Crippen LogP contribution in [0.2, 0.25) is 0 Å². The third kappa shape index (κ3) is 2.24. The highest BCUT2D eigenvalue weighted by atomic mass is 35.5. The molecule has 0 amide bonds. The number of hydrogen-bond donors (Lipinski definition) is 0. The first kappa shape index (κ1) is 9.99. The van der Waals surface area contributed by atoms with Crippen molar-refractivity contribution in [1.82, 2.24) is 4.57 Å². The average molecular weight is 172 g/mol. The first-order chi connectivity index (χ1) is 4.74. The van der Waals surface area contributed by atoms with Crippen molar-refractivity contribution in [3.63, 3.8) is 0 Å². The molecule has 0 saturated carbocycles. The maximum atomic E-state index is 8.52. The van der Waals surface area contributed by atoms with Gasteiger partial charge >= 0.3 is 0 Å². The molecule has 1 unspecified atom stereocenters. The van der Waals surface area contributed by atoms with E-state index in [9.17, 15) is 0 Å². The van der Waals surface area contributed by atoms with E-state index in [0.29, 0.717) is 0 Å². The Bertz CT molecular complexity index is 261. The molecule has 1 aromatic rings. The lowest BCUT2D eigenvalue weighted by atomic mass is 10.4. The van der Waals surface area contributed by atoms with Crippen LogP contribution in [0.4, 0.5) is 0 Å². The molecule has 0 spiro atoms.